The highest BCUT2D eigenvalue weighted by molar-refractivity contribution is 7.99. The molecule has 0 aliphatic carbocycles. The van der Waals surface area contributed by atoms with Crippen LogP contribution in [0.2, 0.25) is 0 Å². The van der Waals surface area contributed by atoms with Crippen molar-refractivity contribution >= 4 is 11.8 Å². The first-order valence-electron chi connectivity index (χ1n) is 7.71. The lowest BCUT2D eigenvalue weighted by atomic mass is 10.2. The standard InChI is InChI=1S/C18H19N3O2S/c1-14-7-5-6-10-16(14)23-13-17-19-18(21-20-17)24-12-11-22-15-8-3-2-4-9-15/h2-10H,11-13H2,1H3,(H,19,20,21). The molecule has 3 rings (SSSR count). The Labute approximate surface area is 145 Å². The van der Waals surface area contributed by atoms with Gasteiger partial charge in [0.2, 0.25) is 5.16 Å². The largest absolute Gasteiger partial charge is 0.493 e. The van der Waals surface area contributed by atoms with Crippen molar-refractivity contribution < 1.29 is 9.47 Å². The topological polar surface area (TPSA) is 60.0 Å². The third-order valence-corrected chi connectivity index (χ3v) is 4.11. The van der Waals surface area contributed by atoms with E-state index in [-0.39, 0.29) is 0 Å². The Morgan fingerprint density at radius 3 is 2.62 bits per heavy atom. The van der Waals surface area contributed by atoms with Gasteiger partial charge in [0.1, 0.15) is 18.1 Å². The van der Waals surface area contributed by atoms with Crippen LogP contribution in [0, 0.1) is 6.92 Å². The highest BCUT2D eigenvalue weighted by Crippen LogP contribution is 2.18. The molecule has 24 heavy (non-hydrogen) atoms. The first-order valence-corrected chi connectivity index (χ1v) is 8.70. The monoisotopic (exact) mass is 341 g/mol. The lowest BCUT2D eigenvalue weighted by Gasteiger charge is -2.06. The Kier molecular flexibility index (Phi) is 5.74. The predicted octanol–water partition coefficient (Wildman–Crippen LogP) is 3.86. The molecule has 5 nitrogen and oxygen atoms in total. The van der Waals surface area contributed by atoms with Crippen molar-refractivity contribution in [3.05, 3.63) is 66.0 Å². The van der Waals surface area contributed by atoms with E-state index in [4.69, 9.17) is 9.47 Å². The number of nitrogens with one attached hydrogen (secondary N) is 1. The van der Waals surface area contributed by atoms with Gasteiger partial charge in [-0.1, -0.05) is 48.2 Å². The molecule has 1 N–H and O–H groups in total. The minimum atomic E-state index is 0.374. The summed E-state index contributed by atoms with van der Waals surface area (Å²) in [5.41, 5.74) is 1.10. The molecule has 0 saturated heterocycles. The molecule has 0 bridgehead atoms. The fourth-order valence-electron chi connectivity index (χ4n) is 2.08. The highest BCUT2D eigenvalue weighted by atomic mass is 32.2. The molecule has 0 amide bonds. The summed E-state index contributed by atoms with van der Waals surface area (Å²) in [4.78, 5) is 4.42. The number of H-pyrrole nitrogens is 1. The summed E-state index contributed by atoms with van der Waals surface area (Å²) in [6.45, 7) is 3.00. The molecule has 0 unspecified atom stereocenters. The third kappa shape index (κ3) is 4.76. The number of para-hydroxylation sites is 2. The minimum Gasteiger partial charge on any atom is -0.493 e. The molecular weight excluding hydrogens is 322 g/mol. The average Bonchev–Trinajstić information content (AvgIpc) is 3.07. The van der Waals surface area contributed by atoms with Crippen LogP contribution >= 0.6 is 11.8 Å². The maximum atomic E-state index is 5.75. The van der Waals surface area contributed by atoms with Gasteiger partial charge in [0.25, 0.3) is 0 Å². The number of ether oxygens (including phenoxy) is 2. The summed E-state index contributed by atoms with van der Waals surface area (Å²) in [5.74, 6) is 3.23. The second kappa shape index (κ2) is 8.40. The van der Waals surface area contributed by atoms with Gasteiger partial charge < -0.3 is 9.47 Å². The normalized spacial score (nSPS) is 10.5. The van der Waals surface area contributed by atoms with Crippen LogP contribution in [0.4, 0.5) is 0 Å². The second-order valence-electron chi connectivity index (χ2n) is 5.13. The van der Waals surface area contributed by atoms with Crippen molar-refractivity contribution in [3.8, 4) is 11.5 Å². The first kappa shape index (κ1) is 16.4. The van der Waals surface area contributed by atoms with Gasteiger partial charge in [0.15, 0.2) is 5.82 Å². The summed E-state index contributed by atoms with van der Waals surface area (Å²) in [5, 5.41) is 7.80. The summed E-state index contributed by atoms with van der Waals surface area (Å²) in [6.07, 6.45) is 0. The van der Waals surface area contributed by atoms with E-state index in [1.54, 1.807) is 11.8 Å². The lowest BCUT2D eigenvalue weighted by Crippen LogP contribution is -2.00. The molecule has 1 aromatic heterocycles. The number of hydrogen-bond acceptors (Lipinski definition) is 5. The van der Waals surface area contributed by atoms with Crippen LogP contribution in [0.5, 0.6) is 11.5 Å². The van der Waals surface area contributed by atoms with E-state index < -0.39 is 0 Å². The molecule has 0 aliphatic heterocycles. The van der Waals surface area contributed by atoms with E-state index in [2.05, 4.69) is 15.2 Å². The van der Waals surface area contributed by atoms with E-state index in [1.165, 1.54) is 0 Å². The number of rotatable bonds is 8. The van der Waals surface area contributed by atoms with Crippen LogP contribution < -0.4 is 9.47 Å². The Hall–Kier alpha value is -2.47. The maximum absolute atomic E-state index is 5.75. The van der Waals surface area contributed by atoms with E-state index in [0.717, 1.165) is 22.8 Å². The SMILES string of the molecule is Cc1ccccc1OCc1nc(SCCOc2ccccc2)n[nH]1. The van der Waals surface area contributed by atoms with Gasteiger partial charge in [0.05, 0.1) is 6.61 Å². The fraction of sp³-hybridized carbons (Fsp3) is 0.222. The van der Waals surface area contributed by atoms with Crippen LogP contribution in [-0.4, -0.2) is 27.5 Å². The Bertz CT molecular complexity index is 762. The van der Waals surface area contributed by atoms with Gasteiger partial charge in [-0.15, -0.1) is 5.10 Å². The first-order chi connectivity index (χ1) is 11.8. The molecule has 6 heteroatoms. The fourth-order valence-corrected chi connectivity index (χ4v) is 2.71. The molecule has 0 atom stereocenters. The van der Waals surface area contributed by atoms with Crippen LogP contribution in [-0.2, 0) is 6.61 Å². The summed E-state index contributed by atoms with van der Waals surface area (Å²) in [6, 6.07) is 17.7. The molecule has 0 spiro atoms. The van der Waals surface area contributed by atoms with Gasteiger partial charge in [-0.2, -0.15) is 0 Å². The number of thioether (sulfide) groups is 1. The van der Waals surface area contributed by atoms with Crippen LogP contribution in [0.25, 0.3) is 0 Å². The molecule has 0 fully saturated rings. The second-order valence-corrected chi connectivity index (χ2v) is 6.19. The summed E-state index contributed by atoms with van der Waals surface area (Å²) < 4.78 is 11.4. The minimum absolute atomic E-state index is 0.374. The van der Waals surface area contributed by atoms with E-state index in [0.29, 0.717) is 24.2 Å². The number of benzene rings is 2. The molecule has 0 radical (unpaired) electrons. The van der Waals surface area contributed by atoms with Gasteiger partial charge in [-0.05, 0) is 30.7 Å². The number of aryl methyl sites for hydroxylation is 1. The van der Waals surface area contributed by atoms with Gasteiger partial charge in [-0.25, -0.2) is 4.98 Å². The summed E-state index contributed by atoms with van der Waals surface area (Å²) >= 11 is 1.55. The van der Waals surface area contributed by atoms with Crippen molar-refractivity contribution in [3.63, 3.8) is 0 Å². The third-order valence-electron chi connectivity index (χ3n) is 3.30. The maximum Gasteiger partial charge on any atom is 0.208 e. The molecule has 124 valence electrons. The van der Waals surface area contributed by atoms with Crippen molar-refractivity contribution in [1.29, 1.82) is 0 Å². The average molecular weight is 341 g/mol. The van der Waals surface area contributed by atoms with E-state index >= 15 is 0 Å². The van der Waals surface area contributed by atoms with Crippen molar-refractivity contribution in [1.82, 2.24) is 15.2 Å². The van der Waals surface area contributed by atoms with Crippen LogP contribution in [0.3, 0.4) is 0 Å². The van der Waals surface area contributed by atoms with Crippen molar-refractivity contribution in [2.45, 2.75) is 18.7 Å². The zero-order valence-electron chi connectivity index (χ0n) is 13.4. The highest BCUT2D eigenvalue weighted by Gasteiger charge is 2.06. The smallest absolute Gasteiger partial charge is 0.208 e. The quantitative estimate of drug-likeness (QED) is 0.498. The molecule has 2 aromatic carbocycles. The number of nitrogens with zero attached hydrogens (tertiary/aromatic N) is 2. The van der Waals surface area contributed by atoms with Gasteiger partial charge in [-0.3, -0.25) is 5.10 Å². The molecule has 1 heterocycles. The van der Waals surface area contributed by atoms with Crippen molar-refractivity contribution in [2.75, 3.05) is 12.4 Å². The van der Waals surface area contributed by atoms with Crippen LogP contribution in [0.1, 0.15) is 11.4 Å². The molecule has 3 aromatic rings. The molecular formula is C18H19N3O2S. The number of aromatic amines is 1. The molecule has 0 aliphatic rings. The summed E-state index contributed by atoms with van der Waals surface area (Å²) in [7, 11) is 0. The zero-order chi connectivity index (χ0) is 16.6. The van der Waals surface area contributed by atoms with Crippen molar-refractivity contribution in [2.24, 2.45) is 0 Å². The molecule has 0 saturated carbocycles. The predicted molar refractivity (Wildman–Crippen MR) is 94.6 cm³/mol. The number of aromatic nitrogens is 3. The Morgan fingerprint density at radius 2 is 1.79 bits per heavy atom. The van der Waals surface area contributed by atoms with E-state index in [1.807, 2.05) is 61.5 Å². The van der Waals surface area contributed by atoms with Gasteiger partial charge in [0, 0.05) is 5.75 Å². The number of hydrogen-bond donors (Lipinski definition) is 1. The zero-order valence-corrected chi connectivity index (χ0v) is 14.3. The lowest BCUT2D eigenvalue weighted by molar-refractivity contribution is 0.294. The Balaban J connectivity index is 1.41. The van der Waals surface area contributed by atoms with E-state index in [9.17, 15) is 0 Å². The van der Waals surface area contributed by atoms with Crippen LogP contribution in [0.15, 0.2) is 59.8 Å². The van der Waals surface area contributed by atoms with Gasteiger partial charge >= 0.3 is 0 Å². The Morgan fingerprint density at radius 1 is 1.00 bits per heavy atom.